The third kappa shape index (κ3) is 4.63. The van der Waals surface area contributed by atoms with E-state index >= 15 is 0 Å². The molecule has 7 heteroatoms. The highest BCUT2D eigenvalue weighted by atomic mass is 16.6. The molecule has 1 amide bonds. The number of aryl methyl sites for hydroxylation is 3. The molecule has 7 nitrogen and oxygen atoms in total. The molecule has 0 spiro atoms. The Labute approximate surface area is 144 Å². The number of anilines is 1. The Hall–Kier alpha value is -3.22. The number of carbonyl (C=O) groups is 2. The van der Waals surface area contributed by atoms with Gasteiger partial charge in [0.1, 0.15) is 0 Å². The highest BCUT2D eigenvalue weighted by Gasteiger charge is 2.15. The van der Waals surface area contributed by atoms with Gasteiger partial charge in [-0.05, 0) is 56.2 Å². The van der Waals surface area contributed by atoms with Crippen LogP contribution in [0.2, 0.25) is 0 Å². The van der Waals surface area contributed by atoms with Gasteiger partial charge >= 0.3 is 5.97 Å². The number of hydrogen-bond donors (Lipinski definition) is 1. The lowest BCUT2D eigenvalue weighted by Crippen LogP contribution is -2.21. The molecule has 0 saturated carbocycles. The first kappa shape index (κ1) is 18.1. The third-order valence-corrected chi connectivity index (χ3v) is 3.75. The molecule has 1 N–H and O–H groups in total. The molecule has 0 aliphatic carbocycles. The normalized spacial score (nSPS) is 10.2. The average Bonchev–Trinajstić information content (AvgIpc) is 2.55. The van der Waals surface area contributed by atoms with Crippen molar-refractivity contribution in [3.05, 3.63) is 68.8 Å². The Balaban J connectivity index is 1.95. The van der Waals surface area contributed by atoms with Crippen molar-refractivity contribution in [2.75, 3.05) is 11.9 Å². The number of amides is 1. The number of rotatable bonds is 5. The number of carbonyl (C=O) groups excluding carboxylic acids is 2. The minimum atomic E-state index is -0.715. The van der Waals surface area contributed by atoms with Crippen molar-refractivity contribution in [1.29, 1.82) is 0 Å². The lowest BCUT2D eigenvalue weighted by molar-refractivity contribution is -0.385. The van der Waals surface area contributed by atoms with Crippen LogP contribution in [0.5, 0.6) is 0 Å². The van der Waals surface area contributed by atoms with E-state index in [0.717, 1.165) is 11.1 Å². The lowest BCUT2D eigenvalue weighted by atomic mass is 10.1. The van der Waals surface area contributed by atoms with Crippen LogP contribution in [-0.2, 0) is 9.53 Å². The van der Waals surface area contributed by atoms with Crippen LogP contribution >= 0.6 is 0 Å². The van der Waals surface area contributed by atoms with Crippen LogP contribution in [0.25, 0.3) is 0 Å². The Morgan fingerprint density at radius 1 is 1.04 bits per heavy atom. The van der Waals surface area contributed by atoms with Gasteiger partial charge in [0, 0.05) is 17.3 Å². The third-order valence-electron chi connectivity index (χ3n) is 3.75. The van der Waals surface area contributed by atoms with Crippen LogP contribution in [0.15, 0.2) is 36.4 Å². The van der Waals surface area contributed by atoms with Crippen molar-refractivity contribution in [3.8, 4) is 0 Å². The van der Waals surface area contributed by atoms with Gasteiger partial charge in [-0.15, -0.1) is 0 Å². The van der Waals surface area contributed by atoms with Gasteiger partial charge < -0.3 is 10.1 Å². The molecule has 25 heavy (non-hydrogen) atoms. The van der Waals surface area contributed by atoms with Crippen molar-refractivity contribution in [1.82, 2.24) is 0 Å². The van der Waals surface area contributed by atoms with E-state index in [-0.39, 0.29) is 11.3 Å². The summed E-state index contributed by atoms with van der Waals surface area (Å²) in [4.78, 5) is 34.1. The summed E-state index contributed by atoms with van der Waals surface area (Å²) in [6.45, 7) is 4.99. The Morgan fingerprint density at radius 2 is 1.76 bits per heavy atom. The second kappa shape index (κ2) is 7.57. The number of ether oxygens (including phenoxy) is 1. The fraction of sp³-hybridized carbons (Fsp3) is 0.222. The van der Waals surface area contributed by atoms with Crippen LogP contribution in [0, 0.1) is 30.9 Å². The Morgan fingerprint density at radius 3 is 2.36 bits per heavy atom. The quantitative estimate of drug-likeness (QED) is 0.510. The number of hydrogen-bond acceptors (Lipinski definition) is 5. The second-order valence-corrected chi connectivity index (χ2v) is 5.68. The maximum Gasteiger partial charge on any atom is 0.338 e. The van der Waals surface area contributed by atoms with Gasteiger partial charge in [-0.3, -0.25) is 14.9 Å². The van der Waals surface area contributed by atoms with Crippen LogP contribution < -0.4 is 5.32 Å². The molecule has 2 aromatic rings. The van der Waals surface area contributed by atoms with Crippen molar-refractivity contribution in [2.24, 2.45) is 0 Å². The molecule has 0 bridgehead atoms. The van der Waals surface area contributed by atoms with Gasteiger partial charge in [0.15, 0.2) is 6.61 Å². The largest absolute Gasteiger partial charge is 0.452 e. The zero-order chi connectivity index (χ0) is 18.6. The van der Waals surface area contributed by atoms with E-state index in [4.69, 9.17) is 4.74 Å². The summed E-state index contributed by atoms with van der Waals surface area (Å²) in [5.74, 6) is -1.18. The molecule has 0 unspecified atom stereocenters. The smallest absolute Gasteiger partial charge is 0.338 e. The van der Waals surface area contributed by atoms with E-state index in [1.54, 1.807) is 6.07 Å². The summed E-state index contributed by atoms with van der Waals surface area (Å²) in [6, 6.07) is 9.38. The minimum Gasteiger partial charge on any atom is -0.452 e. The lowest BCUT2D eigenvalue weighted by Gasteiger charge is -2.09. The van der Waals surface area contributed by atoms with Crippen LogP contribution in [-0.4, -0.2) is 23.4 Å². The van der Waals surface area contributed by atoms with Crippen molar-refractivity contribution in [2.45, 2.75) is 20.8 Å². The van der Waals surface area contributed by atoms with Gasteiger partial charge in [0.05, 0.1) is 10.5 Å². The van der Waals surface area contributed by atoms with Crippen molar-refractivity contribution >= 4 is 23.3 Å². The molecule has 0 aromatic heterocycles. The topological polar surface area (TPSA) is 98.5 Å². The van der Waals surface area contributed by atoms with E-state index in [1.807, 2.05) is 26.0 Å². The van der Waals surface area contributed by atoms with E-state index < -0.39 is 23.4 Å². The molecule has 0 aliphatic heterocycles. The molecular weight excluding hydrogens is 324 g/mol. The van der Waals surface area contributed by atoms with E-state index in [2.05, 4.69) is 5.32 Å². The van der Waals surface area contributed by atoms with Gasteiger partial charge in [-0.1, -0.05) is 6.07 Å². The summed E-state index contributed by atoms with van der Waals surface area (Å²) in [5.41, 5.74) is 3.19. The summed E-state index contributed by atoms with van der Waals surface area (Å²) in [5, 5.41) is 13.4. The Bertz CT molecular complexity index is 845. The summed E-state index contributed by atoms with van der Waals surface area (Å²) < 4.78 is 4.95. The molecular formula is C18H18N2O5. The van der Waals surface area contributed by atoms with E-state index in [1.165, 1.54) is 25.1 Å². The van der Waals surface area contributed by atoms with Gasteiger partial charge in [0.25, 0.3) is 11.6 Å². The minimum absolute atomic E-state index is 0.0796. The molecule has 130 valence electrons. The molecule has 0 aliphatic rings. The maximum atomic E-state index is 12.0. The zero-order valence-electron chi connectivity index (χ0n) is 14.2. The van der Waals surface area contributed by atoms with E-state index in [9.17, 15) is 19.7 Å². The average molecular weight is 342 g/mol. The van der Waals surface area contributed by atoms with Gasteiger partial charge in [0.2, 0.25) is 0 Å². The fourth-order valence-corrected chi connectivity index (χ4v) is 2.22. The number of nitrogens with one attached hydrogen (secondary N) is 1. The predicted molar refractivity (Wildman–Crippen MR) is 92.7 cm³/mol. The molecule has 0 saturated heterocycles. The van der Waals surface area contributed by atoms with Gasteiger partial charge in [-0.2, -0.15) is 0 Å². The number of nitrogens with zero attached hydrogens (tertiary/aromatic N) is 1. The first-order chi connectivity index (χ1) is 11.8. The fourth-order valence-electron chi connectivity index (χ4n) is 2.22. The highest BCUT2D eigenvalue weighted by molar-refractivity contribution is 5.95. The Kier molecular flexibility index (Phi) is 5.49. The van der Waals surface area contributed by atoms with E-state index in [0.29, 0.717) is 11.3 Å². The summed E-state index contributed by atoms with van der Waals surface area (Å²) in [7, 11) is 0. The SMILES string of the molecule is Cc1ccc(NC(=O)COC(=O)c2ccc([N+](=O)[O-])c(C)c2)cc1C. The first-order valence-electron chi connectivity index (χ1n) is 7.57. The highest BCUT2D eigenvalue weighted by Crippen LogP contribution is 2.19. The summed E-state index contributed by atoms with van der Waals surface area (Å²) in [6.07, 6.45) is 0. The van der Waals surface area contributed by atoms with Crippen molar-refractivity contribution in [3.63, 3.8) is 0 Å². The molecule has 2 aromatic carbocycles. The molecule has 0 atom stereocenters. The number of nitro groups is 1. The van der Waals surface area contributed by atoms with Crippen LogP contribution in [0.3, 0.4) is 0 Å². The summed E-state index contributed by atoms with van der Waals surface area (Å²) >= 11 is 0. The maximum absolute atomic E-state index is 12.0. The number of nitro benzene ring substituents is 1. The van der Waals surface area contributed by atoms with Crippen LogP contribution in [0.1, 0.15) is 27.0 Å². The second-order valence-electron chi connectivity index (χ2n) is 5.68. The number of esters is 1. The molecule has 0 fully saturated rings. The molecule has 2 rings (SSSR count). The van der Waals surface area contributed by atoms with Crippen molar-refractivity contribution < 1.29 is 19.2 Å². The zero-order valence-corrected chi connectivity index (χ0v) is 14.2. The number of benzene rings is 2. The van der Waals surface area contributed by atoms with Gasteiger partial charge in [-0.25, -0.2) is 4.79 Å². The molecule has 0 heterocycles. The van der Waals surface area contributed by atoms with Crippen LogP contribution in [0.4, 0.5) is 11.4 Å². The molecule has 0 radical (unpaired) electrons. The first-order valence-corrected chi connectivity index (χ1v) is 7.57. The standard InChI is InChI=1S/C18H18N2O5/c1-11-4-6-15(9-12(11)2)19-17(21)10-25-18(22)14-5-7-16(20(23)24)13(3)8-14/h4-9H,10H2,1-3H3,(H,19,21). The monoisotopic (exact) mass is 342 g/mol. The predicted octanol–water partition coefficient (Wildman–Crippen LogP) is 3.32.